The fraction of sp³-hybridized carbons (Fsp3) is 0.400. The predicted molar refractivity (Wildman–Crippen MR) is 83.9 cm³/mol. The van der Waals surface area contributed by atoms with Crippen molar-refractivity contribution in [2.24, 2.45) is 0 Å². The predicted octanol–water partition coefficient (Wildman–Crippen LogP) is 3.29. The molecule has 0 bridgehead atoms. The van der Waals surface area contributed by atoms with Crippen LogP contribution in [0.3, 0.4) is 0 Å². The molecule has 0 aliphatic heterocycles. The van der Waals surface area contributed by atoms with E-state index in [0.717, 1.165) is 6.42 Å². The third-order valence-corrected chi connectivity index (χ3v) is 4.86. The van der Waals surface area contributed by atoms with Crippen molar-refractivity contribution in [3.8, 4) is 0 Å². The molecule has 1 unspecified atom stereocenters. The molecular weight excluding hydrogens is 286 g/mol. The maximum atomic E-state index is 12.2. The lowest BCUT2D eigenvalue weighted by atomic mass is 9.99. The highest BCUT2D eigenvalue weighted by atomic mass is 32.2. The molecule has 0 saturated carbocycles. The van der Waals surface area contributed by atoms with Gasteiger partial charge in [0.2, 0.25) is 0 Å². The first-order chi connectivity index (χ1) is 9.96. The van der Waals surface area contributed by atoms with Crippen LogP contribution in [0.1, 0.15) is 44.5 Å². The molecule has 1 atom stereocenters. The quantitative estimate of drug-likeness (QED) is 0.860. The zero-order valence-corrected chi connectivity index (χ0v) is 13.4. The van der Waals surface area contributed by atoms with Gasteiger partial charge in [0.05, 0.1) is 6.20 Å². The lowest BCUT2D eigenvalue weighted by Gasteiger charge is -2.11. The highest BCUT2D eigenvalue weighted by molar-refractivity contribution is 7.92. The maximum Gasteiger partial charge on any atom is 0.278 e. The van der Waals surface area contributed by atoms with Gasteiger partial charge in [-0.3, -0.25) is 4.72 Å². The maximum absolute atomic E-state index is 12.2. The largest absolute Gasteiger partial charge is 0.332 e. The van der Waals surface area contributed by atoms with Crippen LogP contribution < -0.4 is 4.72 Å². The van der Waals surface area contributed by atoms with Crippen molar-refractivity contribution in [2.75, 3.05) is 4.72 Å². The SMILES string of the molecule is CCc1ncc(S(=O)(=O)Nc2ccc(C(C)CC)cc2)[nH]1. The van der Waals surface area contributed by atoms with E-state index in [1.54, 1.807) is 12.1 Å². The number of anilines is 1. The number of rotatable bonds is 6. The van der Waals surface area contributed by atoms with Gasteiger partial charge in [-0.05, 0) is 30.0 Å². The minimum atomic E-state index is -3.61. The summed E-state index contributed by atoms with van der Waals surface area (Å²) < 4.78 is 27.0. The molecule has 0 aliphatic rings. The Morgan fingerprint density at radius 2 is 1.90 bits per heavy atom. The Balaban J connectivity index is 2.16. The van der Waals surface area contributed by atoms with Crippen LogP contribution in [0.15, 0.2) is 35.5 Å². The van der Waals surface area contributed by atoms with Crippen LogP contribution in [0.2, 0.25) is 0 Å². The fourth-order valence-electron chi connectivity index (χ4n) is 1.99. The van der Waals surface area contributed by atoms with Gasteiger partial charge in [0.25, 0.3) is 10.0 Å². The molecule has 2 N–H and O–H groups in total. The summed E-state index contributed by atoms with van der Waals surface area (Å²) in [6.07, 6.45) is 3.06. The number of aromatic amines is 1. The van der Waals surface area contributed by atoms with Gasteiger partial charge in [-0.15, -0.1) is 0 Å². The first-order valence-electron chi connectivity index (χ1n) is 7.13. The molecule has 1 heterocycles. The number of imidazole rings is 1. The molecule has 0 fully saturated rings. The van der Waals surface area contributed by atoms with Gasteiger partial charge < -0.3 is 4.98 Å². The second kappa shape index (κ2) is 6.30. The Bertz CT molecular complexity index is 690. The van der Waals surface area contributed by atoms with E-state index in [1.807, 2.05) is 19.1 Å². The van der Waals surface area contributed by atoms with E-state index in [0.29, 0.717) is 23.9 Å². The first-order valence-corrected chi connectivity index (χ1v) is 8.61. The molecule has 21 heavy (non-hydrogen) atoms. The van der Waals surface area contributed by atoms with E-state index in [1.165, 1.54) is 11.8 Å². The minimum absolute atomic E-state index is 0.0883. The van der Waals surface area contributed by atoms with E-state index < -0.39 is 10.0 Å². The number of hydrogen-bond donors (Lipinski definition) is 2. The smallest absolute Gasteiger partial charge is 0.278 e. The van der Waals surface area contributed by atoms with Crippen molar-refractivity contribution >= 4 is 15.7 Å². The van der Waals surface area contributed by atoms with Gasteiger partial charge in [0.15, 0.2) is 5.03 Å². The van der Waals surface area contributed by atoms with Crippen molar-refractivity contribution in [1.82, 2.24) is 9.97 Å². The Morgan fingerprint density at radius 3 is 2.43 bits per heavy atom. The van der Waals surface area contributed by atoms with Crippen LogP contribution in [-0.4, -0.2) is 18.4 Å². The Labute approximate surface area is 125 Å². The fourth-order valence-corrected chi connectivity index (χ4v) is 2.99. The molecule has 0 spiro atoms. The van der Waals surface area contributed by atoms with E-state index in [2.05, 4.69) is 28.5 Å². The number of hydrogen-bond acceptors (Lipinski definition) is 3. The summed E-state index contributed by atoms with van der Waals surface area (Å²) in [6, 6.07) is 7.49. The second-order valence-electron chi connectivity index (χ2n) is 5.08. The monoisotopic (exact) mass is 307 g/mol. The van der Waals surface area contributed by atoms with Crippen LogP contribution in [0.5, 0.6) is 0 Å². The van der Waals surface area contributed by atoms with Crippen molar-refractivity contribution < 1.29 is 8.42 Å². The van der Waals surface area contributed by atoms with E-state index >= 15 is 0 Å². The van der Waals surface area contributed by atoms with Crippen LogP contribution in [-0.2, 0) is 16.4 Å². The number of benzene rings is 1. The van der Waals surface area contributed by atoms with E-state index in [4.69, 9.17) is 0 Å². The van der Waals surface area contributed by atoms with Crippen molar-refractivity contribution in [1.29, 1.82) is 0 Å². The van der Waals surface area contributed by atoms with Gasteiger partial charge in [-0.25, -0.2) is 4.98 Å². The standard InChI is InChI=1S/C15H21N3O2S/c1-4-11(3)12-6-8-13(9-7-12)18-21(19,20)15-10-16-14(5-2)17-15/h6-11,18H,4-5H2,1-3H3,(H,16,17). The summed E-state index contributed by atoms with van der Waals surface area (Å²) >= 11 is 0. The molecule has 2 rings (SSSR count). The topological polar surface area (TPSA) is 74.8 Å². The Morgan fingerprint density at radius 1 is 1.24 bits per heavy atom. The minimum Gasteiger partial charge on any atom is -0.332 e. The summed E-state index contributed by atoms with van der Waals surface area (Å²) in [5, 5.41) is 0.0883. The molecule has 0 radical (unpaired) electrons. The molecule has 6 heteroatoms. The van der Waals surface area contributed by atoms with Crippen LogP contribution in [0, 0.1) is 0 Å². The molecular formula is C15H21N3O2S. The molecule has 1 aromatic heterocycles. The Kier molecular flexibility index (Phi) is 4.67. The number of sulfonamides is 1. The number of aromatic nitrogens is 2. The third kappa shape index (κ3) is 3.64. The number of aryl methyl sites for hydroxylation is 1. The number of nitrogens with zero attached hydrogens (tertiary/aromatic N) is 1. The molecule has 0 amide bonds. The van der Waals surface area contributed by atoms with Crippen molar-refractivity contribution in [3.63, 3.8) is 0 Å². The van der Waals surface area contributed by atoms with Gasteiger partial charge in [-0.1, -0.05) is 32.9 Å². The number of H-pyrrole nitrogens is 1. The summed E-state index contributed by atoms with van der Waals surface area (Å²) in [7, 11) is -3.61. The highest BCUT2D eigenvalue weighted by Gasteiger charge is 2.17. The molecule has 0 aliphatic carbocycles. The van der Waals surface area contributed by atoms with Crippen LogP contribution >= 0.6 is 0 Å². The van der Waals surface area contributed by atoms with E-state index in [9.17, 15) is 8.42 Å². The summed E-state index contributed by atoms with van der Waals surface area (Å²) in [5.41, 5.74) is 1.75. The molecule has 5 nitrogen and oxygen atoms in total. The average Bonchev–Trinajstić information content (AvgIpc) is 2.96. The van der Waals surface area contributed by atoms with E-state index in [-0.39, 0.29) is 5.03 Å². The van der Waals surface area contributed by atoms with Crippen LogP contribution in [0.25, 0.3) is 0 Å². The molecule has 1 aromatic carbocycles. The Hall–Kier alpha value is -1.82. The van der Waals surface area contributed by atoms with Gasteiger partial charge in [0.1, 0.15) is 5.82 Å². The van der Waals surface area contributed by atoms with Crippen molar-refractivity contribution in [3.05, 3.63) is 41.9 Å². The summed E-state index contributed by atoms with van der Waals surface area (Å²) in [6.45, 7) is 6.19. The molecule has 0 saturated heterocycles. The summed E-state index contributed by atoms with van der Waals surface area (Å²) in [4.78, 5) is 6.82. The zero-order valence-electron chi connectivity index (χ0n) is 12.6. The van der Waals surface area contributed by atoms with Crippen molar-refractivity contribution in [2.45, 2.75) is 44.6 Å². The molecule has 2 aromatic rings. The van der Waals surface area contributed by atoms with Gasteiger partial charge in [-0.2, -0.15) is 8.42 Å². The van der Waals surface area contributed by atoms with Gasteiger partial charge >= 0.3 is 0 Å². The highest BCUT2D eigenvalue weighted by Crippen LogP contribution is 2.21. The lowest BCUT2D eigenvalue weighted by molar-refractivity contribution is 0.598. The lowest BCUT2D eigenvalue weighted by Crippen LogP contribution is -2.13. The zero-order chi connectivity index (χ0) is 15.5. The molecule has 114 valence electrons. The first kappa shape index (κ1) is 15.6. The second-order valence-corrected chi connectivity index (χ2v) is 6.74. The number of nitrogens with one attached hydrogen (secondary N) is 2. The van der Waals surface area contributed by atoms with Gasteiger partial charge in [0, 0.05) is 12.1 Å². The van der Waals surface area contributed by atoms with Crippen LogP contribution in [0.4, 0.5) is 5.69 Å². The average molecular weight is 307 g/mol. The summed E-state index contributed by atoms with van der Waals surface area (Å²) in [5.74, 6) is 1.12. The normalized spacial score (nSPS) is 13.1. The third-order valence-electron chi connectivity index (χ3n) is 3.57.